The third kappa shape index (κ3) is 5.90. The van der Waals surface area contributed by atoms with Gasteiger partial charge in [-0.2, -0.15) is 0 Å². The molecule has 0 aliphatic heterocycles. The second-order valence-corrected chi connectivity index (χ2v) is 11.3. The zero-order chi connectivity index (χ0) is 15.3. The van der Waals surface area contributed by atoms with E-state index in [4.69, 9.17) is 0 Å². The standard InChI is InChI=1S/C19H26P2/c1-18(2,20-16-11-7-5-8-12-16)15-19(3,4)21-17-13-9-6-10-14-17/h5-14,20-21H,15H2,1-4H3. The summed E-state index contributed by atoms with van der Waals surface area (Å²) < 4.78 is 0. The largest absolute Gasteiger partial charge is 0.0845 e. The second-order valence-electron chi connectivity index (χ2n) is 6.93. The molecule has 0 aromatic heterocycles. The highest BCUT2D eigenvalue weighted by atomic mass is 31.1. The molecule has 0 aliphatic carbocycles. The van der Waals surface area contributed by atoms with Gasteiger partial charge < -0.3 is 0 Å². The second kappa shape index (κ2) is 7.04. The maximum Gasteiger partial charge on any atom is -0.0130 e. The minimum absolute atomic E-state index is 0.354. The fourth-order valence-corrected chi connectivity index (χ4v) is 6.54. The zero-order valence-corrected chi connectivity index (χ0v) is 15.5. The highest BCUT2D eigenvalue weighted by molar-refractivity contribution is 7.50. The fraction of sp³-hybridized carbons (Fsp3) is 0.368. The maximum atomic E-state index is 2.41. The molecule has 2 aromatic carbocycles. The van der Waals surface area contributed by atoms with Crippen molar-refractivity contribution in [3.63, 3.8) is 0 Å². The summed E-state index contributed by atoms with van der Waals surface area (Å²) in [4.78, 5) is 0. The molecule has 0 N–H and O–H groups in total. The molecule has 2 unspecified atom stereocenters. The molecule has 0 bridgehead atoms. The summed E-state index contributed by atoms with van der Waals surface area (Å²) in [6, 6.07) is 21.8. The van der Waals surface area contributed by atoms with Gasteiger partial charge in [-0.3, -0.25) is 0 Å². The predicted octanol–water partition coefficient (Wildman–Crippen LogP) is 4.94. The van der Waals surface area contributed by atoms with Crippen LogP contribution >= 0.6 is 17.2 Å². The lowest BCUT2D eigenvalue weighted by atomic mass is 9.99. The first-order valence-corrected chi connectivity index (χ1v) is 9.53. The summed E-state index contributed by atoms with van der Waals surface area (Å²) in [6.07, 6.45) is 1.25. The summed E-state index contributed by atoms with van der Waals surface area (Å²) in [5.41, 5.74) is 0. The van der Waals surface area contributed by atoms with Gasteiger partial charge in [-0.15, -0.1) is 0 Å². The Bertz CT molecular complexity index is 493. The molecule has 21 heavy (non-hydrogen) atoms. The minimum Gasteiger partial charge on any atom is -0.0845 e. The van der Waals surface area contributed by atoms with E-state index >= 15 is 0 Å². The Morgan fingerprint density at radius 1 is 0.619 bits per heavy atom. The molecule has 0 fully saturated rings. The van der Waals surface area contributed by atoms with Crippen LogP contribution in [0.4, 0.5) is 0 Å². The molecule has 112 valence electrons. The van der Waals surface area contributed by atoms with Crippen molar-refractivity contribution >= 4 is 27.8 Å². The van der Waals surface area contributed by atoms with Crippen LogP contribution in [0, 0.1) is 0 Å². The van der Waals surface area contributed by atoms with Crippen LogP contribution in [-0.2, 0) is 0 Å². The molecule has 2 heteroatoms. The minimum atomic E-state index is 0.354. The van der Waals surface area contributed by atoms with Crippen molar-refractivity contribution < 1.29 is 0 Å². The van der Waals surface area contributed by atoms with Crippen molar-refractivity contribution in [1.29, 1.82) is 0 Å². The van der Waals surface area contributed by atoms with Crippen LogP contribution in [-0.4, -0.2) is 10.3 Å². The lowest BCUT2D eigenvalue weighted by Crippen LogP contribution is -2.29. The van der Waals surface area contributed by atoms with Crippen LogP contribution in [0.3, 0.4) is 0 Å². The van der Waals surface area contributed by atoms with Gasteiger partial charge in [0.2, 0.25) is 0 Å². The van der Waals surface area contributed by atoms with E-state index in [0.29, 0.717) is 10.3 Å². The molecule has 0 nitrogen and oxygen atoms in total. The average molecular weight is 316 g/mol. The van der Waals surface area contributed by atoms with E-state index < -0.39 is 0 Å². The van der Waals surface area contributed by atoms with Crippen LogP contribution in [0.5, 0.6) is 0 Å². The van der Waals surface area contributed by atoms with E-state index in [1.807, 2.05) is 0 Å². The van der Waals surface area contributed by atoms with Gasteiger partial charge in [0, 0.05) is 0 Å². The van der Waals surface area contributed by atoms with Crippen molar-refractivity contribution in [2.24, 2.45) is 0 Å². The number of hydrogen-bond acceptors (Lipinski definition) is 0. The first-order chi connectivity index (χ1) is 9.86. The number of hydrogen-bond donors (Lipinski definition) is 0. The van der Waals surface area contributed by atoms with Gasteiger partial charge in [0.05, 0.1) is 0 Å². The quantitative estimate of drug-likeness (QED) is 0.662. The van der Waals surface area contributed by atoms with Gasteiger partial charge in [0.1, 0.15) is 0 Å². The third-order valence-corrected chi connectivity index (χ3v) is 6.35. The molecule has 0 amide bonds. The van der Waals surface area contributed by atoms with Gasteiger partial charge in [0.15, 0.2) is 0 Å². The van der Waals surface area contributed by atoms with Gasteiger partial charge in [-0.05, 0) is 27.3 Å². The number of benzene rings is 2. The summed E-state index contributed by atoms with van der Waals surface area (Å²) in [5.74, 6) is 0. The van der Waals surface area contributed by atoms with Crippen LogP contribution in [0.15, 0.2) is 60.7 Å². The Kier molecular flexibility index (Phi) is 5.59. The highest BCUT2D eigenvalue weighted by Crippen LogP contribution is 2.44. The van der Waals surface area contributed by atoms with E-state index in [2.05, 4.69) is 88.4 Å². The molecule has 2 rings (SSSR count). The Morgan fingerprint density at radius 2 is 0.952 bits per heavy atom. The lowest BCUT2D eigenvalue weighted by Gasteiger charge is -2.35. The number of rotatable bonds is 6. The molecule has 0 saturated heterocycles. The van der Waals surface area contributed by atoms with Crippen molar-refractivity contribution in [2.75, 3.05) is 0 Å². The van der Waals surface area contributed by atoms with Gasteiger partial charge >= 0.3 is 0 Å². The summed E-state index contributed by atoms with van der Waals surface area (Å²) in [6.45, 7) is 9.65. The molecule has 0 spiro atoms. The molecule has 0 heterocycles. The predicted molar refractivity (Wildman–Crippen MR) is 102 cm³/mol. The normalized spacial score (nSPS) is 13.5. The van der Waals surface area contributed by atoms with Crippen molar-refractivity contribution in [1.82, 2.24) is 0 Å². The molecule has 0 aliphatic rings. The third-order valence-electron chi connectivity index (χ3n) is 3.40. The molecular formula is C19H26P2. The molecule has 2 aromatic rings. The van der Waals surface area contributed by atoms with Crippen LogP contribution in [0.25, 0.3) is 0 Å². The molecule has 0 radical (unpaired) electrons. The van der Waals surface area contributed by atoms with Crippen LogP contribution < -0.4 is 10.6 Å². The first kappa shape index (κ1) is 16.7. The smallest absolute Gasteiger partial charge is 0.0130 e. The van der Waals surface area contributed by atoms with E-state index in [9.17, 15) is 0 Å². The molecule has 2 atom stereocenters. The maximum absolute atomic E-state index is 2.41. The Hall–Kier alpha value is -0.700. The van der Waals surface area contributed by atoms with Crippen molar-refractivity contribution in [3.05, 3.63) is 60.7 Å². The Labute approximate surface area is 133 Å². The van der Waals surface area contributed by atoms with Crippen LogP contribution in [0.2, 0.25) is 0 Å². The first-order valence-electron chi connectivity index (χ1n) is 7.53. The van der Waals surface area contributed by atoms with Crippen molar-refractivity contribution in [3.8, 4) is 0 Å². The summed E-state index contributed by atoms with van der Waals surface area (Å²) >= 11 is 0. The Balaban J connectivity index is 2.01. The fourth-order valence-electron chi connectivity index (χ4n) is 3.02. The lowest BCUT2D eigenvalue weighted by molar-refractivity contribution is 0.536. The van der Waals surface area contributed by atoms with E-state index in [1.165, 1.54) is 17.0 Å². The van der Waals surface area contributed by atoms with E-state index in [0.717, 1.165) is 17.2 Å². The van der Waals surface area contributed by atoms with Gasteiger partial charge in [0.25, 0.3) is 0 Å². The molecular weight excluding hydrogens is 290 g/mol. The van der Waals surface area contributed by atoms with Gasteiger partial charge in [-0.25, -0.2) is 0 Å². The van der Waals surface area contributed by atoms with Gasteiger partial charge in [-0.1, -0.05) is 106 Å². The summed E-state index contributed by atoms with van der Waals surface area (Å²) in [5, 5.41) is 3.65. The van der Waals surface area contributed by atoms with Crippen molar-refractivity contribution in [2.45, 2.75) is 44.4 Å². The van der Waals surface area contributed by atoms with E-state index in [1.54, 1.807) is 0 Å². The van der Waals surface area contributed by atoms with E-state index in [-0.39, 0.29) is 0 Å². The highest BCUT2D eigenvalue weighted by Gasteiger charge is 2.29. The molecule has 0 saturated carbocycles. The zero-order valence-electron chi connectivity index (χ0n) is 13.5. The monoisotopic (exact) mass is 316 g/mol. The topological polar surface area (TPSA) is 0 Å². The SMILES string of the molecule is CC(C)(CC(C)(C)Pc1ccccc1)Pc1ccccc1. The average Bonchev–Trinajstić information content (AvgIpc) is 2.38. The van der Waals surface area contributed by atoms with Crippen LogP contribution in [0.1, 0.15) is 34.1 Å². The Morgan fingerprint density at radius 3 is 1.29 bits per heavy atom. The summed E-state index contributed by atoms with van der Waals surface area (Å²) in [7, 11) is 1.74.